The van der Waals surface area contributed by atoms with Gasteiger partial charge in [-0.25, -0.2) is 4.98 Å². The predicted octanol–water partition coefficient (Wildman–Crippen LogP) is 6.04. The van der Waals surface area contributed by atoms with Crippen LogP contribution in [0, 0.1) is 0 Å². The Morgan fingerprint density at radius 1 is 0.607 bits per heavy atom. The highest BCUT2D eigenvalue weighted by atomic mass is 15.0. The summed E-state index contributed by atoms with van der Waals surface area (Å²) in [5.74, 6) is 0. The van der Waals surface area contributed by atoms with Gasteiger partial charge in [-0.1, -0.05) is 54.6 Å². The number of nitrogens with zero attached hydrogens (tertiary/aromatic N) is 2. The molecule has 28 heavy (non-hydrogen) atoms. The van der Waals surface area contributed by atoms with Crippen molar-refractivity contribution in [3.8, 4) is 11.1 Å². The standard InChI is InChI=1S/C25H17N3/c26-18-12-9-16(10-13-18)17-11-14-23-21(15-17)19-5-1-2-6-20(19)25-27-22-7-3-4-8-24(22)28(23)25/h1-15H,26H2. The van der Waals surface area contributed by atoms with Gasteiger partial charge in [-0.15, -0.1) is 0 Å². The van der Waals surface area contributed by atoms with E-state index in [1.165, 1.54) is 27.2 Å². The third kappa shape index (κ3) is 2.07. The zero-order valence-corrected chi connectivity index (χ0v) is 15.1. The number of nitrogens with two attached hydrogens (primary N) is 1. The van der Waals surface area contributed by atoms with Gasteiger partial charge in [0.25, 0.3) is 0 Å². The fraction of sp³-hybridized carbons (Fsp3) is 0. The summed E-state index contributed by atoms with van der Waals surface area (Å²) in [5.41, 5.74) is 13.3. The number of nitrogen functional groups attached to an aromatic ring is 1. The lowest BCUT2D eigenvalue weighted by molar-refractivity contribution is 1.31. The van der Waals surface area contributed by atoms with Gasteiger partial charge < -0.3 is 5.73 Å². The summed E-state index contributed by atoms with van der Waals surface area (Å²) in [7, 11) is 0. The van der Waals surface area contributed by atoms with Crippen molar-refractivity contribution < 1.29 is 0 Å². The average molecular weight is 359 g/mol. The maximum Gasteiger partial charge on any atom is 0.146 e. The second kappa shape index (κ2) is 5.57. The number of hydrogen-bond donors (Lipinski definition) is 1. The highest BCUT2D eigenvalue weighted by Crippen LogP contribution is 2.34. The fourth-order valence-corrected chi connectivity index (χ4v) is 4.17. The number of imidazole rings is 1. The molecule has 0 aliphatic heterocycles. The lowest BCUT2D eigenvalue weighted by Crippen LogP contribution is -1.92. The van der Waals surface area contributed by atoms with Crippen molar-refractivity contribution in [2.45, 2.75) is 0 Å². The molecule has 2 aromatic heterocycles. The van der Waals surface area contributed by atoms with Gasteiger partial charge in [-0.3, -0.25) is 4.40 Å². The van der Waals surface area contributed by atoms with Crippen LogP contribution in [0.5, 0.6) is 0 Å². The quantitative estimate of drug-likeness (QED) is 0.287. The Morgan fingerprint density at radius 2 is 1.32 bits per heavy atom. The van der Waals surface area contributed by atoms with E-state index in [9.17, 15) is 0 Å². The highest BCUT2D eigenvalue weighted by Gasteiger charge is 2.13. The molecule has 0 aliphatic carbocycles. The number of aromatic nitrogens is 2. The molecule has 0 radical (unpaired) electrons. The molecule has 6 aromatic rings. The second-order valence-electron chi connectivity index (χ2n) is 7.16. The maximum atomic E-state index is 5.86. The van der Waals surface area contributed by atoms with Gasteiger partial charge in [0.05, 0.1) is 16.6 Å². The van der Waals surface area contributed by atoms with Crippen LogP contribution in [0.25, 0.3) is 49.5 Å². The van der Waals surface area contributed by atoms with E-state index in [-0.39, 0.29) is 0 Å². The predicted molar refractivity (Wildman–Crippen MR) is 118 cm³/mol. The van der Waals surface area contributed by atoms with Crippen molar-refractivity contribution in [2.24, 2.45) is 0 Å². The van der Waals surface area contributed by atoms with Crippen LogP contribution in [0.4, 0.5) is 5.69 Å². The number of hydrogen-bond acceptors (Lipinski definition) is 2. The molecule has 6 rings (SSSR count). The van der Waals surface area contributed by atoms with Crippen LogP contribution < -0.4 is 5.73 Å². The Kier molecular flexibility index (Phi) is 3.03. The summed E-state index contributed by atoms with van der Waals surface area (Å²) in [4.78, 5) is 4.93. The zero-order chi connectivity index (χ0) is 18.7. The normalized spacial score (nSPS) is 11.7. The van der Waals surface area contributed by atoms with Gasteiger partial charge in [0.15, 0.2) is 0 Å². The first-order valence-corrected chi connectivity index (χ1v) is 9.37. The third-order valence-corrected chi connectivity index (χ3v) is 5.50. The molecule has 3 heteroatoms. The van der Waals surface area contributed by atoms with E-state index in [1.54, 1.807) is 0 Å². The Hall–Kier alpha value is -3.85. The molecule has 4 aromatic carbocycles. The van der Waals surface area contributed by atoms with Crippen LogP contribution in [0.1, 0.15) is 0 Å². The van der Waals surface area contributed by atoms with Gasteiger partial charge in [-0.2, -0.15) is 0 Å². The largest absolute Gasteiger partial charge is 0.399 e. The summed E-state index contributed by atoms with van der Waals surface area (Å²) < 4.78 is 2.28. The van der Waals surface area contributed by atoms with Crippen LogP contribution in [-0.2, 0) is 0 Å². The monoisotopic (exact) mass is 359 g/mol. The van der Waals surface area contributed by atoms with Crippen molar-refractivity contribution in [2.75, 3.05) is 5.73 Å². The number of rotatable bonds is 1. The molecule has 0 amide bonds. The number of pyridine rings is 1. The smallest absolute Gasteiger partial charge is 0.146 e. The third-order valence-electron chi connectivity index (χ3n) is 5.50. The van der Waals surface area contributed by atoms with Gasteiger partial charge in [-0.05, 0) is 52.9 Å². The van der Waals surface area contributed by atoms with Gasteiger partial charge in [0.1, 0.15) is 5.65 Å². The van der Waals surface area contributed by atoms with E-state index in [1.807, 2.05) is 18.2 Å². The van der Waals surface area contributed by atoms with Gasteiger partial charge in [0, 0.05) is 16.5 Å². The van der Waals surface area contributed by atoms with Crippen molar-refractivity contribution in [1.29, 1.82) is 0 Å². The van der Waals surface area contributed by atoms with Crippen molar-refractivity contribution >= 4 is 44.0 Å². The molecule has 0 bridgehead atoms. The Labute approximate surface area is 161 Å². The lowest BCUT2D eigenvalue weighted by Gasteiger charge is -2.11. The molecule has 0 spiro atoms. The van der Waals surface area contributed by atoms with Gasteiger partial charge >= 0.3 is 0 Å². The summed E-state index contributed by atoms with van der Waals surface area (Å²) in [6, 6.07) is 31.5. The van der Waals surface area contributed by atoms with E-state index < -0.39 is 0 Å². The maximum absolute atomic E-state index is 5.86. The lowest BCUT2D eigenvalue weighted by atomic mass is 9.99. The van der Waals surface area contributed by atoms with Crippen molar-refractivity contribution in [1.82, 2.24) is 9.38 Å². The molecule has 2 N–H and O–H groups in total. The average Bonchev–Trinajstić information content (AvgIpc) is 3.14. The molecular formula is C25H17N3. The van der Waals surface area contributed by atoms with Crippen LogP contribution >= 0.6 is 0 Å². The first kappa shape index (κ1) is 15.2. The van der Waals surface area contributed by atoms with E-state index in [0.29, 0.717) is 0 Å². The van der Waals surface area contributed by atoms with Crippen LogP contribution in [0.3, 0.4) is 0 Å². The minimum atomic E-state index is 0.779. The molecule has 0 saturated carbocycles. The van der Waals surface area contributed by atoms with Crippen LogP contribution in [0.15, 0.2) is 91.0 Å². The number of anilines is 1. The second-order valence-corrected chi connectivity index (χ2v) is 7.16. The van der Waals surface area contributed by atoms with E-state index >= 15 is 0 Å². The molecule has 3 nitrogen and oxygen atoms in total. The summed E-state index contributed by atoms with van der Waals surface area (Å²) in [6.45, 7) is 0. The fourth-order valence-electron chi connectivity index (χ4n) is 4.17. The molecule has 2 heterocycles. The summed E-state index contributed by atoms with van der Waals surface area (Å²) in [5, 5.41) is 3.61. The van der Waals surface area contributed by atoms with Gasteiger partial charge in [0.2, 0.25) is 0 Å². The number of para-hydroxylation sites is 2. The Balaban J connectivity index is 1.80. The van der Waals surface area contributed by atoms with E-state index in [0.717, 1.165) is 27.9 Å². The minimum absolute atomic E-state index is 0.779. The first-order chi connectivity index (χ1) is 13.8. The Bertz CT molecular complexity index is 1510. The van der Waals surface area contributed by atoms with Crippen LogP contribution in [-0.4, -0.2) is 9.38 Å². The molecule has 0 fully saturated rings. The topological polar surface area (TPSA) is 43.3 Å². The molecule has 0 unspecified atom stereocenters. The van der Waals surface area contributed by atoms with Crippen molar-refractivity contribution in [3.05, 3.63) is 91.0 Å². The number of benzene rings is 4. The molecule has 132 valence electrons. The van der Waals surface area contributed by atoms with E-state index in [4.69, 9.17) is 10.7 Å². The minimum Gasteiger partial charge on any atom is -0.399 e. The molecule has 0 atom stereocenters. The number of fused-ring (bicyclic) bond motifs is 8. The highest BCUT2D eigenvalue weighted by molar-refractivity contribution is 6.14. The summed E-state index contributed by atoms with van der Waals surface area (Å²) >= 11 is 0. The van der Waals surface area contributed by atoms with Crippen LogP contribution in [0.2, 0.25) is 0 Å². The zero-order valence-electron chi connectivity index (χ0n) is 15.1. The Morgan fingerprint density at radius 3 is 2.18 bits per heavy atom. The molecular weight excluding hydrogens is 342 g/mol. The summed E-state index contributed by atoms with van der Waals surface area (Å²) in [6.07, 6.45) is 0. The van der Waals surface area contributed by atoms with E-state index in [2.05, 4.69) is 77.2 Å². The first-order valence-electron chi connectivity index (χ1n) is 9.37. The molecule has 0 saturated heterocycles. The molecule has 0 aliphatic rings. The SMILES string of the molecule is Nc1ccc(-c2ccc3c(c2)c2ccccc2c2nc4ccccc4n32)cc1. The van der Waals surface area contributed by atoms with Crippen molar-refractivity contribution in [3.63, 3.8) is 0 Å².